The van der Waals surface area contributed by atoms with Crippen molar-refractivity contribution in [3.05, 3.63) is 42.2 Å². The third-order valence-corrected chi connectivity index (χ3v) is 4.61. The fourth-order valence-corrected chi connectivity index (χ4v) is 3.22. The lowest BCUT2D eigenvalue weighted by atomic mass is 10.1. The molecule has 7 nitrogen and oxygen atoms in total. The maximum absolute atomic E-state index is 6.23. The number of benzene rings is 1. The first kappa shape index (κ1) is 15.6. The molecule has 1 atom stereocenters. The van der Waals surface area contributed by atoms with E-state index in [4.69, 9.17) is 10.5 Å². The van der Waals surface area contributed by atoms with E-state index in [9.17, 15) is 0 Å². The predicted molar refractivity (Wildman–Crippen MR) is 97.7 cm³/mol. The van der Waals surface area contributed by atoms with Gasteiger partial charge in [-0.25, -0.2) is 4.68 Å². The van der Waals surface area contributed by atoms with Crippen LogP contribution in [0.1, 0.15) is 18.9 Å². The molecule has 3 aromatic rings. The summed E-state index contributed by atoms with van der Waals surface area (Å²) in [6.45, 7) is 3.73. The summed E-state index contributed by atoms with van der Waals surface area (Å²) in [5, 5.41) is 12.5. The first-order valence-corrected chi connectivity index (χ1v) is 8.42. The van der Waals surface area contributed by atoms with Gasteiger partial charge in [-0.05, 0) is 31.0 Å². The number of hydrogen-bond donors (Lipinski definition) is 2. The second kappa shape index (κ2) is 6.16. The fraction of sp³-hybridized carbons (Fsp3) is 0.333. The van der Waals surface area contributed by atoms with Crippen LogP contribution in [-0.4, -0.2) is 32.7 Å². The third kappa shape index (κ3) is 2.82. The topological polar surface area (TPSA) is 82.9 Å². The summed E-state index contributed by atoms with van der Waals surface area (Å²) < 4.78 is 9.14. The molecular weight excluding hydrogens is 316 g/mol. The van der Waals surface area contributed by atoms with Gasteiger partial charge >= 0.3 is 0 Å². The molecule has 0 spiro atoms. The highest BCUT2D eigenvalue weighted by molar-refractivity contribution is 5.81. The summed E-state index contributed by atoms with van der Waals surface area (Å²) >= 11 is 0. The molecule has 0 amide bonds. The van der Waals surface area contributed by atoms with Crippen molar-refractivity contribution in [2.75, 3.05) is 18.2 Å². The molecule has 0 fully saturated rings. The lowest BCUT2D eigenvalue weighted by Gasteiger charge is -2.23. The van der Waals surface area contributed by atoms with Crippen LogP contribution in [0.2, 0.25) is 0 Å². The molecule has 7 heteroatoms. The second-order valence-corrected chi connectivity index (χ2v) is 6.42. The van der Waals surface area contributed by atoms with Crippen LogP contribution in [0.5, 0.6) is 5.75 Å². The van der Waals surface area contributed by atoms with Gasteiger partial charge in [0.15, 0.2) is 0 Å². The van der Waals surface area contributed by atoms with E-state index in [1.54, 1.807) is 13.3 Å². The van der Waals surface area contributed by atoms with Crippen LogP contribution >= 0.6 is 0 Å². The van der Waals surface area contributed by atoms with Gasteiger partial charge in [0, 0.05) is 12.6 Å². The van der Waals surface area contributed by atoms with E-state index in [0.29, 0.717) is 18.3 Å². The Labute approximate surface area is 146 Å². The quantitative estimate of drug-likeness (QED) is 0.764. The average Bonchev–Trinajstić information content (AvgIpc) is 3.18. The summed E-state index contributed by atoms with van der Waals surface area (Å²) in [6.07, 6.45) is 4.64. The van der Waals surface area contributed by atoms with Gasteiger partial charge in [-0.2, -0.15) is 10.2 Å². The zero-order chi connectivity index (χ0) is 17.4. The molecule has 2 aromatic heterocycles. The standard InChI is InChI=1S/C18H22N6O/c1-12-7-8-23-18(22-12)15(9-20-23)17-16(19)10-21-24(17)11-13-3-5-14(25-2)6-4-13/h3-6,9-10,12,22H,7-8,11,19H2,1-2H3. The summed E-state index contributed by atoms with van der Waals surface area (Å²) in [4.78, 5) is 0. The van der Waals surface area contributed by atoms with Crippen molar-refractivity contribution in [1.29, 1.82) is 0 Å². The van der Waals surface area contributed by atoms with Crippen molar-refractivity contribution < 1.29 is 4.74 Å². The first-order valence-electron chi connectivity index (χ1n) is 8.42. The number of hydrogen-bond acceptors (Lipinski definition) is 5. The van der Waals surface area contributed by atoms with Crippen LogP contribution in [0, 0.1) is 0 Å². The monoisotopic (exact) mass is 338 g/mol. The number of methoxy groups -OCH3 is 1. The normalized spacial score (nSPS) is 16.3. The molecule has 3 N–H and O–H groups in total. The Kier molecular flexibility index (Phi) is 3.83. The number of nitrogens with zero attached hydrogens (tertiary/aromatic N) is 4. The van der Waals surface area contributed by atoms with Crippen molar-refractivity contribution in [3.8, 4) is 17.0 Å². The number of aryl methyl sites for hydroxylation is 1. The molecule has 1 aromatic carbocycles. The van der Waals surface area contributed by atoms with Crippen LogP contribution in [0.4, 0.5) is 11.5 Å². The number of rotatable bonds is 4. The molecule has 3 heterocycles. The average molecular weight is 338 g/mol. The van der Waals surface area contributed by atoms with E-state index >= 15 is 0 Å². The molecular formula is C18H22N6O. The van der Waals surface area contributed by atoms with Gasteiger partial charge in [-0.1, -0.05) is 12.1 Å². The number of nitrogens with one attached hydrogen (secondary N) is 1. The SMILES string of the molecule is COc1ccc(Cn2ncc(N)c2-c2cnn3c2NC(C)CC3)cc1. The molecule has 1 unspecified atom stereocenters. The summed E-state index contributed by atoms with van der Waals surface area (Å²) in [5.74, 6) is 1.86. The minimum Gasteiger partial charge on any atom is -0.497 e. The molecule has 1 aliphatic rings. The molecule has 1 aliphatic heterocycles. The third-order valence-electron chi connectivity index (χ3n) is 4.61. The highest BCUT2D eigenvalue weighted by atomic mass is 16.5. The van der Waals surface area contributed by atoms with Crippen LogP contribution < -0.4 is 15.8 Å². The lowest BCUT2D eigenvalue weighted by Crippen LogP contribution is -2.26. The summed E-state index contributed by atoms with van der Waals surface area (Å²) in [6, 6.07) is 8.39. The van der Waals surface area contributed by atoms with E-state index in [-0.39, 0.29) is 0 Å². The van der Waals surface area contributed by atoms with Crippen LogP contribution in [0.25, 0.3) is 11.3 Å². The molecule has 4 rings (SSSR count). The van der Waals surface area contributed by atoms with E-state index < -0.39 is 0 Å². The number of aromatic nitrogens is 4. The molecule has 0 saturated carbocycles. The van der Waals surface area contributed by atoms with Crippen molar-refractivity contribution in [3.63, 3.8) is 0 Å². The maximum atomic E-state index is 6.23. The highest BCUT2D eigenvalue weighted by Gasteiger charge is 2.23. The predicted octanol–water partition coefficient (Wildman–Crippen LogP) is 2.59. The summed E-state index contributed by atoms with van der Waals surface area (Å²) in [7, 11) is 1.67. The molecule has 130 valence electrons. The fourth-order valence-electron chi connectivity index (χ4n) is 3.22. The Hall–Kier alpha value is -2.96. The number of fused-ring (bicyclic) bond motifs is 1. The van der Waals surface area contributed by atoms with Gasteiger partial charge in [0.2, 0.25) is 0 Å². The van der Waals surface area contributed by atoms with Crippen LogP contribution in [0.15, 0.2) is 36.7 Å². The summed E-state index contributed by atoms with van der Waals surface area (Å²) in [5.41, 5.74) is 9.92. The molecule has 0 radical (unpaired) electrons. The van der Waals surface area contributed by atoms with Crippen molar-refractivity contribution >= 4 is 11.5 Å². The van der Waals surface area contributed by atoms with Gasteiger partial charge in [0.1, 0.15) is 11.6 Å². The Balaban J connectivity index is 1.69. The Bertz CT molecular complexity index is 880. The number of anilines is 2. The number of ether oxygens (including phenoxy) is 1. The van der Waals surface area contributed by atoms with E-state index in [1.807, 2.05) is 39.8 Å². The number of nitrogens with two attached hydrogens (primary N) is 1. The largest absolute Gasteiger partial charge is 0.497 e. The Morgan fingerprint density at radius 2 is 2.04 bits per heavy atom. The molecule has 0 bridgehead atoms. The van der Waals surface area contributed by atoms with Crippen LogP contribution in [-0.2, 0) is 13.1 Å². The molecule has 0 aliphatic carbocycles. The van der Waals surface area contributed by atoms with Gasteiger partial charge in [0.25, 0.3) is 0 Å². The van der Waals surface area contributed by atoms with Gasteiger partial charge in [-0.15, -0.1) is 0 Å². The lowest BCUT2D eigenvalue weighted by molar-refractivity contribution is 0.414. The van der Waals surface area contributed by atoms with Gasteiger partial charge in [-0.3, -0.25) is 4.68 Å². The van der Waals surface area contributed by atoms with Crippen molar-refractivity contribution in [2.45, 2.75) is 32.5 Å². The molecule has 0 saturated heterocycles. The minimum atomic E-state index is 0.419. The second-order valence-electron chi connectivity index (χ2n) is 6.42. The van der Waals surface area contributed by atoms with E-state index in [1.165, 1.54) is 0 Å². The minimum absolute atomic E-state index is 0.419. The smallest absolute Gasteiger partial charge is 0.134 e. The molecule has 25 heavy (non-hydrogen) atoms. The van der Waals surface area contributed by atoms with E-state index in [0.717, 1.165) is 41.4 Å². The zero-order valence-electron chi connectivity index (χ0n) is 14.4. The highest BCUT2D eigenvalue weighted by Crippen LogP contribution is 2.34. The Morgan fingerprint density at radius 1 is 1.24 bits per heavy atom. The van der Waals surface area contributed by atoms with E-state index in [2.05, 4.69) is 22.4 Å². The van der Waals surface area contributed by atoms with Crippen molar-refractivity contribution in [1.82, 2.24) is 19.6 Å². The van der Waals surface area contributed by atoms with Gasteiger partial charge in [0.05, 0.1) is 43.0 Å². The van der Waals surface area contributed by atoms with Crippen LogP contribution in [0.3, 0.4) is 0 Å². The van der Waals surface area contributed by atoms with Gasteiger partial charge < -0.3 is 15.8 Å². The number of nitrogen functional groups attached to an aromatic ring is 1. The maximum Gasteiger partial charge on any atom is 0.134 e. The Morgan fingerprint density at radius 3 is 2.80 bits per heavy atom. The van der Waals surface area contributed by atoms with Crippen molar-refractivity contribution in [2.24, 2.45) is 0 Å². The zero-order valence-corrected chi connectivity index (χ0v) is 14.4. The first-order chi connectivity index (χ1) is 12.2.